The Balaban J connectivity index is 0. The molecule has 0 radical (unpaired) electrons. The van der Waals surface area contributed by atoms with Gasteiger partial charge in [-0.3, -0.25) is 0 Å². The summed E-state index contributed by atoms with van der Waals surface area (Å²) in [5.74, 6) is 0. The molecule has 1 saturated heterocycles. The fourth-order valence-electron chi connectivity index (χ4n) is 0. The molecule has 0 aromatic heterocycles. The molecule has 1 fully saturated rings. The summed E-state index contributed by atoms with van der Waals surface area (Å²) < 4.78 is 8.38. The second-order valence-corrected chi connectivity index (χ2v) is 0.671. The Labute approximate surface area is 47.0 Å². The summed E-state index contributed by atoms with van der Waals surface area (Å²) in [6.07, 6.45) is 0. The van der Waals surface area contributed by atoms with Crippen LogP contribution >= 0.6 is 0 Å². The molecular formula is C2H6N2OZn-2. The summed E-state index contributed by atoms with van der Waals surface area (Å²) in [5.41, 5.74) is 0. The zero-order valence-corrected chi connectivity index (χ0v) is 6.52. The van der Waals surface area contributed by atoms with E-state index in [-0.39, 0.29) is 24.4 Å². The summed E-state index contributed by atoms with van der Waals surface area (Å²) in [6.45, 7) is 2.25. The third-order valence-corrected chi connectivity index (χ3v) is 0.224. The van der Waals surface area contributed by atoms with Gasteiger partial charge in [0.15, 0.2) is 0 Å². The van der Waals surface area contributed by atoms with Gasteiger partial charge in [0.05, 0.1) is 0 Å². The Morgan fingerprint density at radius 2 is 1.50 bits per heavy atom. The molecule has 0 atom stereocenters. The second kappa shape index (κ2) is 9.02. The van der Waals surface area contributed by atoms with E-state index in [0.717, 1.165) is 13.1 Å². The first kappa shape index (κ1) is 9.60. The Morgan fingerprint density at radius 3 is 1.50 bits per heavy atom. The van der Waals surface area contributed by atoms with Crippen molar-refractivity contribution < 1.29 is 21.8 Å². The second-order valence-electron chi connectivity index (χ2n) is 0.671. The first-order valence-electron chi connectivity index (χ1n) is 1.42. The Hall–Kier alpha value is 0.343. The van der Waals surface area contributed by atoms with Crippen LogP contribution in [0.15, 0.2) is 0 Å². The topological polar surface area (TPSA) is 64.7 Å². The fraction of sp³-hybridized carbons (Fsp3) is 1.00. The van der Waals surface area contributed by atoms with E-state index in [1.807, 2.05) is 0 Å². The van der Waals surface area contributed by atoms with Gasteiger partial charge in [-0.1, -0.05) is 0 Å². The molecule has 0 aromatic rings. The molecule has 34 valence electrons. The maximum absolute atomic E-state index is 8.38. The monoisotopic (exact) mass is 138 g/mol. The Morgan fingerprint density at radius 1 is 1.33 bits per heavy atom. The molecule has 0 amide bonds. The van der Waals surface area contributed by atoms with Crippen LogP contribution in [0.3, 0.4) is 0 Å². The molecule has 0 saturated carbocycles. The standard InChI is InChI=1S/C2H4N.H2N.O.Zn/c1-2-3-1;;;/h1-2H2;1H2;;/q2*-1;;. The van der Waals surface area contributed by atoms with Crippen LogP contribution in [0.4, 0.5) is 0 Å². The van der Waals surface area contributed by atoms with Gasteiger partial charge in [-0.25, -0.2) is 0 Å². The Bertz CT molecular complexity index is 22.8. The van der Waals surface area contributed by atoms with Gasteiger partial charge in [0.2, 0.25) is 0 Å². The fourth-order valence-corrected chi connectivity index (χ4v) is 0. The van der Waals surface area contributed by atoms with Crippen LogP contribution in [0, 0.1) is 0 Å². The SMILES string of the molecule is C1C[N-]1.[NH2-].[O]=[Zn]. The van der Waals surface area contributed by atoms with E-state index in [1.54, 1.807) is 0 Å². The minimum atomic E-state index is 0. The molecule has 1 rings (SSSR count). The van der Waals surface area contributed by atoms with Crippen LogP contribution in [0.2, 0.25) is 0 Å². The molecule has 0 aromatic carbocycles. The average Bonchev–Trinajstić information content (AvgIpc) is 2.19. The van der Waals surface area contributed by atoms with E-state index in [2.05, 4.69) is 5.32 Å². The molecule has 2 N–H and O–H groups in total. The van der Waals surface area contributed by atoms with E-state index < -0.39 is 0 Å². The van der Waals surface area contributed by atoms with Crippen molar-refractivity contribution in [3.8, 4) is 0 Å². The number of hydrogen-bond donors (Lipinski definition) is 0. The predicted molar refractivity (Wildman–Crippen MR) is 19.1 cm³/mol. The minimum absolute atomic E-state index is 0. The van der Waals surface area contributed by atoms with E-state index in [9.17, 15) is 0 Å². The van der Waals surface area contributed by atoms with Gasteiger partial charge in [-0.05, 0) is 0 Å². The van der Waals surface area contributed by atoms with Crippen LogP contribution in [0.25, 0.3) is 11.5 Å². The van der Waals surface area contributed by atoms with Crippen molar-refractivity contribution in [2.24, 2.45) is 0 Å². The predicted octanol–water partition coefficient (Wildman–Crippen LogP) is 0.970. The molecule has 1 aliphatic heterocycles. The quantitative estimate of drug-likeness (QED) is 0.364. The normalized spacial score (nSPS) is 13.0. The van der Waals surface area contributed by atoms with Gasteiger partial charge >= 0.3 is 21.8 Å². The van der Waals surface area contributed by atoms with Gasteiger partial charge in [0, 0.05) is 0 Å². The number of rotatable bonds is 0. The molecule has 4 heteroatoms. The molecule has 1 heterocycles. The first-order chi connectivity index (χ1) is 2.50. The van der Waals surface area contributed by atoms with Crippen molar-refractivity contribution in [2.45, 2.75) is 0 Å². The number of nitrogens with two attached hydrogens (primary N) is 1. The van der Waals surface area contributed by atoms with Crippen LogP contribution in [0.1, 0.15) is 0 Å². The van der Waals surface area contributed by atoms with Crippen LogP contribution in [0.5, 0.6) is 0 Å². The zero-order chi connectivity index (χ0) is 4.12. The van der Waals surface area contributed by atoms with Crippen molar-refractivity contribution in [3.63, 3.8) is 0 Å². The van der Waals surface area contributed by atoms with E-state index in [0.29, 0.717) is 0 Å². The molecule has 3 nitrogen and oxygen atoms in total. The van der Waals surface area contributed by atoms with Gasteiger partial charge in [0.25, 0.3) is 0 Å². The summed E-state index contributed by atoms with van der Waals surface area (Å²) in [4.78, 5) is 0. The molecule has 0 unspecified atom stereocenters. The zero-order valence-electron chi connectivity index (χ0n) is 3.55. The van der Waals surface area contributed by atoms with Gasteiger partial charge < -0.3 is 11.5 Å². The van der Waals surface area contributed by atoms with E-state index in [4.69, 9.17) is 3.57 Å². The number of hydrogen-bond acceptors (Lipinski definition) is 1. The third kappa shape index (κ3) is 26.9. The summed E-state index contributed by atoms with van der Waals surface area (Å²) in [7, 11) is 0. The molecular weight excluding hydrogens is 133 g/mol. The number of nitrogens with zero attached hydrogens (tertiary/aromatic N) is 1. The Kier molecular flexibility index (Phi) is 14.4. The van der Waals surface area contributed by atoms with Crippen molar-refractivity contribution in [1.82, 2.24) is 0 Å². The van der Waals surface area contributed by atoms with Crippen LogP contribution in [-0.4, -0.2) is 13.1 Å². The van der Waals surface area contributed by atoms with Crippen molar-refractivity contribution in [3.05, 3.63) is 11.5 Å². The van der Waals surface area contributed by atoms with Crippen molar-refractivity contribution >= 4 is 0 Å². The average molecular weight is 139 g/mol. The molecule has 1 aliphatic rings. The van der Waals surface area contributed by atoms with Gasteiger partial charge in [0.1, 0.15) is 0 Å². The van der Waals surface area contributed by atoms with E-state index in [1.165, 1.54) is 0 Å². The van der Waals surface area contributed by atoms with Crippen molar-refractivity contribution in [2.75, 3.05) is 13.1 Å². The third-order valence-electron chi connectivity index (χ3n) is 0.224. The molecule has 6 heavy (non-hydrogen) atoms. The van der Waals surface area contributed by atoms with Gasteiger partial charge in [-0.2, -0.15) is 13.1 Å². The molecule has 0 aliphatic carbocycles. The summed E-state index contributed by atoms with van der Waals surface area (Å²) in [6, 6.07) is 0. The molecule has 0 spiro atoms. The maximum atomic E-state index is 8.38. The van der Waals surface area contributed by atoms with Crippen LogP contribution < -0.4 is 0 Å². The first-order valence-corrected chi connectivity index (χ1v) is 2.63. The molecule has 0 bridgehead atoms. The summed E-state index contributed by atoms with van der Waals surface area (Å²) in [5, 5.41) is 3.75. The van der Waals surface area contributed by atoms with Crippen LogP contribution in [-0.2, 0) is 21.8 Å². The summed E-state index contributed by atoms with van der Waals surface area (Å²) >= 11 is 0.125. The van der Waals surface area contributed by atoms with E-state index >= 15 is 0 Å². The van der Waals surface area contributed by atoms with Crippen molar-refractivity contribution in [1.29, 1.82) is 0 Å². The van der Waals surface area contributed by atoms with Gasteiger partial charge in [-0.15, -0.1) is 0 Å².